The molecule has 0 aromatic heterocycles. The van der Waals surface area contributed by atoms with Gasteiger partial charge in [-0.3, -0.25) is 0 Å². The molecule has 0 spiro atoms. The van der Waals surface area contributed by atoms with Crippen LogP contribution in [0, 0.1) is 0 Å². The third-order valence-corrected chi connectivity index (χ3v) is 3.38. The van der Waals surface area contributed by atoms with Gasteiger partial charge in [0.05, 0.1) is 5.75 Å². The van der Waals surface area contributed by atoms with Gasteiger partial charge >= 0.3 is 0 Å². The Morgan fingerprint density at radius 3 is 2.86 bits per heavy atom. The van der Waals surface area contributed by atoms with Gasteiger partial charge in [-0.05, 0) is 32.2 Å². The Morgan fingerprint density at radius 2 is 2.29 bits per heavy atom. The molecule has 1 aliphatic carbocycles. The van der Waals surface area contributed by atoms with Crippen LogP contribution in [0.3, 0.4) is 0 Å². The van der Waals surface area contributed by atoms with Crippen LogP contribution in [0.15, 0.2) is 12.2 Å². The van der Waals surface area contributed by atoms with Crippen molar-refractivity contribution in [2.45, 2.75) is 31.7 Å². The summed E-state index contributed by atoms with van der Waals surface area (Å²) in [6, 6.07) is 0.461. The molecule has 0 aromatic rings. The van der Waals surface area contributed by atoms with E-state index in [0.717, 1.165) is 6.54 Å². The van der Waals surface area contributed by atoms with Crippen molar-refractivity contribution in [2.24, 2.45) is 0 Å². The zero-order valence-electron chi connectivity index (χ0n) is 8.70. The van der Waals surface area contributed by atoms with Crippen LogP contribution >= 0.6 is 0 Å². The first-order chi connectivity index (χ1) is 6.58. The third-order valence-electron chi connectivity index (χ3n) is 2.35. The summed E-state index contributed by atoms with van der Waals surface area (Å²) in [5, 5.41) is 3.34. The highest BCUT2D eigenvalue weighted by molar-refractivity contribution is 7.90. The maximum atomic E-state index is 10.8. The van der Waals surface area contributed by atoms with Crippen molar-refractivity contribution >= 4 is 9.84 Å². The second-order valence-electron chi connectivity index (χ2n) is 3.90. The Bertz CT molecular complexity index is 282. The molecule has 0 fully saturated rings. The number of hydrogen-bond acceptors (Lipinski definition) is 3. The predicted octanol–water partition coefficient (Wildman–Crippen LogP) is 1.12. The van der Waals surface area contributed by atoms with Crippen molar-refractivity contribution in [3.63, 3.8) is 0 Å². The van der Waals surface area contributed by atoms with Gasteiger partial charge in [0.15, 0.2) is 0 Å². The minimum absolute atomic E-state index is 0.288. The summed E-state index contributed by atoms with van der Waals surface area (Å²) in [7, 11) is -2.79. The van der Waals surface area contributed by atoms with Crippen molar-refractivity contribution < 1.29 is 8.42 Å². The molecule has 82 valence electrons. The average molecular weight is 217 g/mol. The molecule has 0 amide bonds. The fourth-order valence-electron chi connectivity index (χ4n) is 1.60. The highest BCUT2D eigenvalue weighted by atomic mass is 32.2. The maximum absolute atomic E-state index is 10.8. The molecule has 4 heteroatoms. The van der Waals surface area contributed by atoms with Crippen molar-refractivity contribution in [1.29, 1.82) is 0 Å². The van der Waals surface area contributed by atoms with Crippen LogP contribution in [0.1, 0.15) is 25.7 Å². The van der Waals surface area contributed by atoms with E-state index in [2.05, 4.69) is 17.5 Å². The van der Waals surface area contributed by atoms with Gasteiger partial charge in [0, 0.05) is 12.3 Å². The van der Waals surface area contributed by atoms with Crippen LogP contribution in [0.4, 0.5) is 0 Å². The van der Waals surface area contributed by atoms with E-state index in [-0.39, 0.29) is 5.75 Å². The van der Waals surface area contributed by atoms with Crippen LogP contribution in [-0.4, -0.2) is 33.0 Å². The zero-order chi connectivity index (χ0) is 10.4. The molecular weight excluding hydrogens is 198 g/mol. The molecule has 1 aliphatic rings. The minimum Gasteiger partial charge on any atom is -0.310 e. The Kier molecular flexibility index (Phi) is 4.62. The third kappa shape index (κ3) is 5.40. The van der Waals surface area contributed by atoms with Crippen molar-refractivity contribution in [3.8, 4) is 0 Å². The standard InChI is InChI=1S/C10H19NO2S/c1-14(12,13)9-5-8-11-10-6-3-2-4-7-10/h3,6,10-11H,2,4-5,7-9H2,1H3. The first-order valence-corrected chi connectivity index (χ1v) is 7.22. The molecule has 1 N–H and O–H groups in total. The largest absolute Gasteiger partial charge is 0.310 e. The van der Waals surface area contributed by atoms with Gasteiger partial charge in [-0.15, -0.1) is 0 Å². The first-order valence-electron chi connectivity index (χ1n) is 5.16. The molecule has 0 radical (unpaired) electrons. The molecule has 0 heterocycles. The molecule has 1 atom stereocenters. The lowest BCUT2D eigenvalue weighted by molar-refractivity contribution is 0.520. The SMILES string of the molecule is CS(=O)(=O)CCCNC1C=CCCC1. The number of rotatable bonds is 5. The van der Waals surface area contributed by atoms with Gasteiger partial charge < -0.3 is 5.32 Å². The first kappa shape index (κ1) is 11.7. The summed E-state index contributed by atoms with van der Waals surface area (Å²) in [5.41, 5.74) is 0. The van der Waals surface area contributed by atoms with Gasteiger partial charge in [0.1, 0.15) is 9.84 Å². The molecular formula is C10H19NO2S. The second-order valence-corrected chi connectivity index (χ2v) is 6.16. The molecule has 1 unspecified atom stereocenters. The normalized spacial score (nSPS) is 22.5. The highest BCUT2D eigenvalue weighted by Gasteiger charge is 2.07. The maximum Gasteiger partial charge on any atom is 0.147 e. The predicted molar refractivity (Wildman–Crippen MR) is 59.1 cm³/mol. The van der Waals surface area contributed by atoms with E-state index in [9.17, 15) is 8.42 Å². The molecule has 14 heavy (non-hydrogen) atoms. The van der Waals surface area contributed by atoms with Crippen molar-refractivity contribution in [1.82, 2.24) is 5.32 Å². The van der Waals surface area contributed by atoms with E-state index in [0.29, 0.717) is 12.5 Å². The lowest BCUT2D eigenvalue weighted by Crippen LogP contribution is -2.30. The fraction of sp³-hybridized carbons (Fsp3) is 0.800. The summed E-state index contributed by atoms with van der Waals surface area (Å²) >= 11 is 0. The second kappa shape index (κ2) is 5.51. The van der Waals surface area contributed by atoms with E-state index in [1.807, 2.05) is 0 Å². The van der Waals surface area contributed by atoms with Crippen LogP contribution in [0.25, 0.3) is 0 Å². The topological polar surface area (TPSA) is 46.2 Å². The van der Waals surface area contributed by atoms with Crippen molar-refractivity contribution in [2.75, 3.05) is 18.6 Å². The molecule has 0 bridgehead atoms. The van der Waals surface area contributed by atoms with Crippen LogP contribution in [0.2, 0.25) is 0 Å². The number of allylic oxidation sites excluding steroid dienone is 1. The summed E-state index contributed by atoms with van der Waals surface area (Å²) in [6.45, 7) is 0.794. The molecule has 1 rings (SSSR count). The minimum atomic E-state index is -2.79. The number of nitrogens with one attached hydrogen (secondary N) is 1. The molecule has 0 aromatic carbocycles. The Hall–Kier alpha value is -0.350. The van der Waals surface area contributed by atoms with Gasteiger partial charge in [-0.1, -0.05) is 12.2 Å². The van der Waals surface area contributed by atoms with Gasteiger partial charge in [0.2, 0.25) is 0 Å². The zero-order valence-corrected chi connectivity index (χ0v) is 9.52. The summed E-state index contributed by atoms with van der Waals surface area (Å²) in [6.07, 6.45) is 9.97. The monoisotopic (exact) mass is 217 g/mol. The fourth-order valence-corrected chi connectivity index (χ4v) is 2.27. The van der Waals surface area contributed by atoms with E-state index >= 15 is 0 Å². The Morgan fingerprint density at radius 1 is 1.50 bits per heavy atom. The molecule has 0 saturated heterocycles. The summed E-state index contributed by atoms with van der Waals surface area (Å²) in [5.74, 6) is 0.288. The molecule has 0 saturated carbocycles. The van der Waals surface area contributed by atoms with E-state index < -0.39 is 9.84 Å². The smallest absolute Gasteiger partial charge is 0.147 e. The van der Waals surface area contributed by atoms with Gasteiger partial charge in [-0.2, -0.15) is 0 Å². The lowest BCUT2D eigenvalue weighted by Gasteiger charge is -2.17. The number of sulfone groups is 1. The van der Waals surface area contributed by atoms with Crippen molar-refractivity contribution in [3.05, 3.63) is 12.2 Å². The summed E-state index contributed by atoms with van der Waals surface area (Å²) in [4.78, 5) is 0. The van der Waals surface area contributed by atoms with Crippen LogP contribution in [0.5, 0.6) is 0 Å². The van der Waals surface area contributed by atoms with Gasteiger partial charge in [0.25, 0.3) is 0 Å². The highest BCUT2D eigenvalue weighted by Crippen LogP contribution is 2.09. The van der Waals surface area contributed by atoms with Gasteiger partial charge in [-0.25, -0.2) is 8.42 Å². The lowest BCUT2D eigenvalue weighted by atomic mass is 10.0. The van der Waals surface area contributed by atoms with E-state index in [1.54, 1.807) is 0 Å². The summed E-state index contributed by atoms with van der Waals surface area (Å²) < 4.78 is 21.7. The molecule has 0 aliphatic heterocycles. The average Bonchev–Trinajstić information content (AvgIpc) is 2.13. The van der Waals surface area contributed by atoms with Crippen LogP contribution in [-0.2, 0) is 9.84 Å². The quantitative estimate of drug-likeness (QED) is 0.554. The van der Waals surface area contributed by atoms with E-state index in [1.165, 1.54) is 25.5 Å². The molecule has 3 nitrogen and oxygen atoms in total. The number of hydrogen-bond donors (Lipinski definition) is 1. The Balaban J connectivity index is 2.09. The van der Waals surface area contributed by atoms with Crippen LogP contribution < -0.4 is 5.32 Å². The van der Waals surface area contributed by atoms with E-state index in [4.69, 9.17) is 0 Å². The Labute approximate surface area is 86.5 Å².